The highest BCUT2D eigenvalue weighted by Gasteiger charge is 2.71. The fourth-order valence-corrected chi connectivity index (χ4v) is 15.6. The van der Waals surface area contributed by atoms with Crippen molar-refractivity contribution < 1.29 is 43.2 Å². The van der Waals surface area contributed by atoms with Crippen LogP contribution in [0.25, 0.3) is 0 Å². The van der Waals surface area contributed by atoms with Crippen molar-refractivity contribution in [1.82, 2.24) is 14.5 Å². The Morgan fingerprint density at radius 1 is 0.925 bits per heavy atom. The Bertz CT molecular complexity index is 2250. The summed E-state index contributed by atoms with van der Waals surface area (Å²) in [6.45, 7) is 22.0. The van der Waals surface area contributed by atoms with Gasteiger partial charge in [-0.25, -0.2) is 4.79 Å². The molecule has 1 aliphatic heterocycles. The Morgan fingerprint density at radius 3 is 2.30 bits per heavy atom. The van der Waals surface area contributed by atoms with Gasteiger partial charge in [0, 0.05) is 41.9 Å². The number of aryl methyl sites for hydroxylation is 1. The summed E-state index contributed by atoms with van der Waals surface area (Å²) in [4.78, 5) is 81.0. The molecule has 16 nitrogen and oxygen atoms in total. The number of hydrogen-bond acceptors (Lipinski definition) is 12. The first-order chi connectivity index (χ1) is 31.3. The molecular formula is C51H78N5O11+. The van der Waals surface area contributed by atoms with Crippen molar-refractivity contribution in [3.8, 4) is 0 Å². The van der Waals surface area contributed by atoms with E-state index in [4.69, 9.17) is 24.5 Å². The lowest BCUT2D eigenvalue weighted by molar-refractivity contribution is -0.253. The van der Waals surface area contributed by atoms with Crippen molar-refractivity contribution in [3.05, 3.63) is 32.6 Å². The molecule has 6 fully saturated rings. The lowest BCUT2D eigenvalue weighted by Gasteiger charge is -2.73. The van der Waals surface area contributed by atoms with Gasteiger partial charge in [0.25, 0.3) is 5.56 Å². The van der Waals surface area contributed by atoms with Crippen molar-refractivity contribution in [2.45, 2.75) is 190 Å². The predicted octanol–water partition coefficient (Wildman–Crippen LogP) is 8.46. The molecule has 0 radical (unpaired) electrons. The number of carboxylic acids is 1. The van der Waals surface area contributed by atoms with Crippen LogP contribution >= 0.6 is 0 Å². The van der Waals surface area contributed by atoms with Crippen molar-refractivity contribution in [2.24, 2.45) is 73.1 Å². The molecule has 2 heterocycles. The number of fused-ring (bicyclic) bond motifs is 7. The largest absolute Gasteiger partial charge is 0.481 e. The smallest absolute Gasteiger partial charge is 0.330 e. The minimum Gasteiger partial charge on any atom is -0.481 e. The molecule has 0 bridgehead atoms. The molecule has 3 unspecified atom stereocenters. The van der Waals surface area contributed by atoms with Gasteiger partial charge in [-0.1, -0.05) is 48.5 Å². The number of aromatic amines is 1. The zero-order valence-electron chi connectivity index (χ0n) is 41.7. The van der Waals surface area contributed by atoms with Crippen LogP contribution in [0.3, 0.4) is 0 Å². The molecule has 1 aromatic heterocycles. The molecule has 1 saturated heterocycles. The van der Waals surface area contributed by atoms with Crippen LogP contribution in [0.5, 0.6) is 0 Å². The molecule has 5 aliphatic carbocycles. The number of esters is 3. The average Bonchev–Trinajstić information content (AvgIpc) is 3.84. The fourth-order valence-electron chi connectivity index (χ4n) is 15.6. The van der Waals surface area contributed by atoms with E-state index in [-0.39, 0.29) is 77.9 Å². The summed E-state index contributed by atoms with van der Waals surface area (Å²) in [5.41, 5.74) is 5.23. The van der Waals surface area contributed by atoms with E-state index < -0.39 is 52.9 Å². The number of nitrogens with zero attached hydrogens (tertiary/aromatic N) is 3. The quantitative estimate of drug-likeness (QED) is 0.0654. The number of rotatable bonds is 15. The van der Waals surface area contributed by atoms with E-state index in [0.29, 0.717) is 47.7 Å². The van der Waals surface area contributed by atoms with E-state index in [1.54, 1.807) is 20.8 Å². The average molecular weight is 937 g/mol. The van der Waals surface area contributed by atoms with Crippen molar-refractivity contribution >= 4 is 23.9 Å². The lowest BCUT2D eigenvalue weighted by Crippen LogP contribution is -2.67. The van der Waals surface area contributed by atoms with E-state index >= 15 is 0 Å². The highest BCUT2D eigenvalue weighted by Crippen LogP contribution is 2.77. The Morgan fingerprint density at radius 2 is 1.63 bits per heavy atom. The molecule has 0 aromatic carbocycles. The lowest BCUT2D eigenvalue weighted by atomic mass is 9.32. The first-order valence-corrected chi connectivity index (χ1v) is 25.1. The Hall–Kier alpha value is -4.17. The summed E-state index contributed by atoms with van der Waals surface area (Å²) < 4.78 is 25.2. The summed E-state index contributed by atoms with van der Waals surface area (Å²) in [5.74, 6) is 0.659. The van der Waals surface area contributed by atoms with Gasteiger partial charge in [-0.2, -0.15) is 0 Å². The summed E-state index contributed by atoms with van der Waals surface area (Å²) in [6.07, 6.45) is 10.6. The molecule has 3 N–H and O–H groups in total. The van der Waals surface area contributed by atoms with Gasteiger partial charge in [0.15, 0.2) is 6.04 Å². The third-order valence-electron chi connectivity index (χ3n) is 19.4. The minimum atomic E-state index is -1.18. The Balaban J connectivity index is 0.954. The van der Waals surface area contributed by atoms with Crippen LogP contribution < -0.4 is 16.2 Å². The summed E-state index contributed by atoms with van der Waals surface area (Å²) in [7, 11) is 0. The Labute approximate surface area is 395 Å². The Kier molecular flexibility index (Phi) is 14.1. The van der Waals surface area contributed by atoms with E-state index in [2.05, 4.69) is 63.5 Å². The topological polar surface area (TPSA) is 231 Å². The maximum atomic E-state index is 13.4. The molecule has 16 heteroatoms. The maximum Gasteiger partial charge on any atom is 0.330 e. The second-order valence-electron chi connectivity index (χ2n) is 24.0. The van der Waals surface area contributed by atoms with Gasteiger partial charge >= 0.3 is 29.6 Å². The van der Waals surface area contributed by atoms with Gasteiger partial charge in [0.2, 0.25) is 4.91 Å². The van der Waals surface area contributed by atoms with Crippen LogP contribution in [0.4, 0.5) is 0 Å². The molecule has 372 valence electrons. The van der Waals surface area contributed by atoms with Crippen LogP contribution in [0.15, 0.2) is 20.9 Å². The van der Waals surface area contributed by atoms with E-state index in [1.807, 2.05) is 0 Å². The molecule has 6 aliphatic rings. The number of aliphatic carboxylic acids is 1. The van der Waals surface area contributed by atoms with E-state index in [0.717, 1.165) is 64.2 Å². The maximum absolute atomic E-state index is 13.4. The zero-order chi connectivity index (χ0) is 49.1. The zero-order valence-corrected chi connectivity index (χ0v) is 41.7. The SMILES string of the molecule is Cc1cn(C2CC(N=[N+]=N)C(COC(=O)CCCC(=O)OC[C@]34CC[C@@H](C(C)C)[C@@H]3[C@H]3CC[C@@H]5[C@@]6(C)CC[C@H](OC(=O)CC(C)(C)C(=O)O)C(C)(C)[C@@H]6CC[C@@]5(C)[C@]3(C)CC4)O2)c(=O)[nH]c1=O. The third kappa shape index (κ3) is 9.11. The molecule has 13 atom stereocenters. The first-order valence-electron chi connectivity index (χ1n) is 25.1. The minimum absolute atomic E-state index is 0.00568. The highest BCUT2D eigenvalue weighted by atomic mass is 16.6. The second kappa shape index (κ2) is 18.6. The van der Waals surface area contributed by atoms with Gasteiger partial charge in [-0.15, -0.1) is 0 Å². The van der Waals surface area contributed by atoms with Crippen LogP contribution in [0, 0.1) is 80.5 Å². The molecule has 0 spiro atoms. The molecule has 67 heavy (non-hydrogen) atoms. The van der Waals surface area contributed by atoms with Gasteiger partial charge < -0.3 is 24.1 Å². The van der Waals surface area contributed by atoms with Crippen LogP contribution in [-0.2, 0) is 38.1 Å². The third-order valence-corrected chi connectivity index (χ3v) is 19.4. The summed E-state index contributed by atoms with van der Waals surface area (Å²) in [5, 5.41) is 13.6. The first kappa shape index (κ1) is 50.7. The molecule has 5 saturated carbocycles. The summed E-state index contributed by atoms with van der Waals surface area (Å²) >= 11 is 0. The summed E-state index contributed by atoms with van der Waals surface area (Å²) in [6, 6.07) is -0.641. The predicted molar refractivity (Wildman–Crippen MR) is 246 cm³/mol. The van der Waals surface area contributed by atoms with E-state index in [1.165, 1.54) is 10.8 Å². The number of ether oxygens (including phenoxy) is 4. The van der Waals surface area contributed by atoms with Gasteiger partial charge in [-0.05, 0) is 143 Å². The van der Waals surface area contributed by atoms with Crippen molar-refractivity contribution in [1.29, 1.82) is 5.53 Å². The molecule has 7 rings (SSSR count). The van der Waals surface area contributed by atoms with Crippen molar-refractivity contribution in [3.63, 3.8) is 0 Å². The molecule has 0 amide bonds. The highest BCUT2D eigenvalue weighted by molar-refractivity contribution is 5.81. The van der Waals surface area contributed by atoms with Crippen LogP contribution in [0.1, 0.15) is 170 Å². The number of carbonyl (C=O) groups excluding carboxylic acids is 3. The monoisotopic (exact) mass is 937 g/mol. The van der Waals surface area contributed by atoms with Crippen molar-refractivity contribution in [2.75, 3.05) is 13.2 Å². The fraction of sp³-hybridized carbons (Fsp3) is 0.843. The number of nitrogens with one attached hydrogen (secondary N) is 2. The number of carbonyl (C=O) groups is 4. The van der Waals surface area contributed by atoms with E-state index in [9.17, 15) is 33.9 Å². The van der Waals surface area contributed by atoms with Crippen LogP contribution in [-0.4, -0.2) is 70.0 Å². The second-order valence-corrected chi connectivity index (χ2v) is 24.0. The standard InChI is InChI=1S/C51H77N5O11/c1-29(2)31-16-21-51(28-65-40(58)13-11-12-39(57)64-27-34-33(54-55-52)24-38(66-34)56-26-30(3)43(60)53-45(56)63)23-22-49(9)32(42(31)51)14-15-36-48(8)19-18-37(67-41(59)25-46(4,5)44(61)62)47(6,7)35(48)17-20-50(36,49)10/h26,29,31-38,42,52H,11-25,27-28H2,1-10H3,(H-,53,60,61,62,63)/p+1/t31-,32+,33?,34?,35-,36+,37-,38?,42+,48-,49+,50+,51+/m0/s1. The number of hydrogen-bond donors (Lipinski definition) is 3. The number of H-pyrrole nitrogens is 1. The number of carboxylic acid groups (broad SMARTS) is 1. The van der Waals surface area contributed by atoms with Crippen LogP contribution in [0.2, 0.25) is 0 Å². The normalized spacial score (nSPS) is 37.5. The van der Waals surface area contributed by atoms with Gasteiger partial charge in [-0.3, -0.25) is 33.5 Å². The molecule has 1 aromatic rings. The van der Waals surface area contributed by atoms with Gasteiger partial charge in [0.1, 0.15) is 35.7 Å². The van der Waals surface area contributed by atoms with Gasteiger partial charge in [0.05, 0.1) is 18.4 Å². The number of aromatic nitrogens is 2. The molecular weight excluding hydrogens is 859 g/mol.